The van der Waals surface area contributed by atoms with Gasteiger partial charge in [-0.25, -0.2) is 9.18 Å². The molecule has 1 aromatic heterocycles. The van der Waals surface area contributed by atoms with Gasteiger partial charge in [0, 0.05) is 30.5 Å². The van der Waals surface area contributed by atoms with Crippen molar-refractivity contribution in [3.8, 4) is 11.5 Å². The summed E-state index contributed by atoms with van der Waals surface area (Å²) in [4.78, 5) is 14.4. The minimum absolute atomic E-state index is 0.108. The van der Waals surface area contributed by atoms with Gasteiger partial charge >= 0.3 is 6.03 Å². The molecule has 0 bridgehead atoms. The molecule has 2 aromatic carbocycles. The molecule has 1 N–H and O–H groups in total. The molecule has 0 unspecified atom stereocenters. The minimum atomic E-state index is -0.340. The largest absolute Gasteiger partial charge is 0.486 e. The molecule has 30 heavy (non-hydrogen) atoms. The molecule has 2 amide bonds. The lowest BCUT2D eigenvalue weighted by Gasteiger charge is -2.32. The molecule has 156 valence electrons. The first-order valence-corrected chi connectivity index (χ1v) is 10.1. The molecule has 3 aromatic rings. The maximum Gasteiger partial charge on any atom is 0.317 e. The van der Waals surface area contributed by atoms with Crippen molar-refractivity contribution in [1.82, 2.24) is 15.4 Å². The van der Waals surface area contributed by atoms with Gasteiger partial charge in [-0.3, -0.25) is 0 Å². The lowest BCUT2D eigenvalue weighted by molar-refractivity contribution is 0.0895. The van der Waals surface area contributed by atoms with Crippen molar-refractivity contribution < 1.29 is 23.2 Å². The van der Waals surface area contributed by atoms with Gasteiger partial charge in [-0.1, -0.05) is 17.3 Å². The van der Waals surface area contributed by atoms with Crippen LogP contribution in [-0.4, -0.2) is 48.4 Å². The zero-order valence-electron chi connectivity index (χ0n) is 16.3. The number of likely N-dealkylation sites (tertiary alicyclic amines) is 1. The van der Waals surface area contributed by atoms with Crippen LogP contribution in [0.4, 0.5) is 9.18 Å². The third kappa shape index (κ3) is 3.65. The minimum Gasteiger partial charge on any atom is -0.486 e. The second-order valence-electron chi connectivity index (χ2n) is 7.65. The average molecular weight is 411 g/mol. The summed E-state index contributed by atoms with van der Waals surface area (Å²) < 4.78 is 30.2. The third-order valence-corrected chi connectivity index (χ3v) is 5.68. The first-order valence-electron chi connectivity index (χ1n) is 10.1. The van der Waals surface area contributed by atoms with Crippen molar-refractivity contribution in [3.63, 3.8) is 0 Å². The molecule has 1 fully saturated rings. The Morgan fingerprint density at radius 3 is 2.80 bits per heavy atom. The summed E-state index contributed by atoms with van der Waals surface area (Å²) in [6, 6.07) is 11.9. The molecule has 3 heterocycles. The number of piperidine rings is 1. The topological polar surface area (TPSA) is 76.8 Å². The van der Waals surface area contributed by atoms with Crippen LogP contribution >= 0.6 is 0 Å². The van der Waals surface area contributed by atoms with Crippen LogP contribution in [0.3, 0.4) is 0 Å². The van der Waals surface area contributed by atoms with Crippen LogP contribution in [0.15, 0.2) is 47.0 Å². The Bertz CT molecular complexity index is 1060. The highest BCUT2D eigenvalue weighted by atomic mass is 19.1. The Morgan fingerprint density at radius 2 is 1.97 bits per heavy atom. The number of halogens is 1. The summed E-state index contributed by atoms with van der Waals surface area (Å²) >= 11 is 0. The van der Waals surface area contributed by atoms with E-state index in [1.165, 1.54) is 12.1 Å². The zero-order valence-corrected chi connectivity index (χ0v) is 16.3. The lowest BCUT2D eigenvalue weighted by atomic mass is 9.92. The Hall–Kier alpha value is -3.29. The van der Waals surface area contributed by atoms with Crippen molar-refractivity contribution in [1.29, 1.82) is 0 Å². The summed E-state index contributed by atoms with van der Waals surface area (Å²) in [5.41, 5.74) is 1.30. The monoisotopic (exact) mass is 411 g/mol. The predicted octanol–water partition coefficient (Wildman–Crippen LogP) is 3.70. The number of hydrogen-bond donors (Lipinski definition) is 1. The number of nitrogens with zero attached hydrogens (tertiary/aromatic N) is 2. The van der Waals surface area contributed by atoms with E-state index in [9.17, 15) is 9.18 Å². The Kier molecular flexibility index (Phi) is 4.90. The number of nitrogens with one attached hydrogen (secondary N) is 1. The van der Waals surface area contributed by atoms with Crippen LogP contribution in [0.5, 0.6) is 11.5 Å². The van der Waals surface area contributed by atoms with Gasteiger partial charge in [-0.2, -0.15) is 0 Å². The number of hydrogen-bond acceptors (Lipinski definition) is 5. The number of para-hydroxylation sites is 2. The van der Waals surface area contributed by atoms with Crippen molar-refractivity contribution in [2.24, 2.45) is 0 Å². The standard InChI is InChI=1S/C22H22FN3O4/c23-15-5-6-17-20(11-15)30-25-21(17)14-7-9-26(10-8-14)22(27)24-12-16-13-28-18-3-1-2-4-19(18)29-16/h1-6,11,14,16H,7-10,12-13H2,(H,24,27)/t16-/m1/s1. The van der Waals surface area contributed by atoms with Crippen LogP contribution in [-0.2, 0) is 0 Å². The number of carbonyl (C=O) groups is 1. The maximum absolute atomic E-state index is 13.4. The van der Waals surface area contributed by atoms with Crippen LogP contribution in [0.1, 0.15) is 24.5 Å². The highest BCUT2D eigenvalue weighted by Crippen LogP contribution is 2.33. The predicted molar refractivity (Wildman–Crippen MR) is 107 cm³/mol. The van der Waals surface area contributed by atoms with E-state index in [-0.39, 0.29) is 23.9 Å². The van der Waals surface area contributed by atoms with E-state index in [4.69, 9.17) is 14.0 Å². The van der Waals surface area contributed by atoms with Crippen LogP contribution < -0.4 is 14.8 Å². The Morgan fingerprint density at radius 1 is 1.17 bits per heavy atom. The van der Waals surface area contributed by atoms with E-state index in [1.807, 2.05) is 24.3 Å². The van der Waals surface area contributed by atoms with Gasteiger partial charge in [0.2, 0.25) is 0 Å². The molecule has 5 rings (SSSR count). The molecule has 2 aliphatic heterocycles. The number of carbonyl (C=O) groups excluding carboxylic acids is 1. The number of ether oxygens (including phenoxy) is 2. The van der Waals surface area contributed by atoms with E-state index in [0.717, 1.165) is 29.7 Å². The molecule has 0 saturated carbocycles. The molecule has 7 nitrogen and oxygen atoms in total. The smallest absolute Gasteiger partial charge is 0.317 e. The third-order valence-electron chi connectivity index (χ3n) is 5.68. The Balaban J connectivity index is 1.14. The molecule has 1 saturated heterocycles. The molecule has 0 aliphatic carbocycles. The second-order valence-corrected chi connectivity index (χ2v) is 7.65. The fourth-order valence-corrected chi connectivity index (χ4v) is 4.06. The van der Waals surface area contributed by atoms with E-state index in [1.54, 1.807) is 11.0 Å². The summed E-state index contributed by atoms with van der Waals surface area (Å²) in [5, 5.41) is 7.94. The molecular weight excluding hydrogens is 389 g/mol. The molecule has 2 aliphatic rings. The van der Waals surface area contributed by atoms with Crippen molar-refractivity contribution >= 4 is 17.0 Å². The fraction of sp³-hybridized carbons (Fsp3) is 0.364. The number of fused-ring (bicyclic) bond motifs is 2. The lowest BCUT2D eigenvalue weighted by Crippen LogP contribution is -2.48. The summed E-state index contributed by atoms with van der Waals surface area (Å²) in [5.74, 6) is 1.27. The van der Waals surface area contributed by atoms with Gasteiger partial charge in [0.15, 0.2) is 23.2 Å². The number of amides is 2. The first kappa shape index (κ1) is 18.7. The maximum atomic E-state index is 13.4. The van der Waals surface area contributed by atoms with Gasteiger partial charge in [0.25, 0.3) is 0 Å². The Labute approximate surface area is 172 Å². The van der Waals surface area contributed by atoms with Gasteiger partial charge in [0.05, 0.1) is 12.2 Å². The van der Waals surface area contributed by atoms with E-state index in [2.05, 4.69) is 10.5 Å². The number of aromatic nitrogens is 1. The number of urea groups is 1. The van der Waals surface area contributed by atoms with Gasteiger partial charge < -0.3 is 24.2 Å². The quantitative estimate of drug-likeness (QED) is 0.711. The molecule has 1 atom stereocenters. The summed E-state index contributed by atoms with van der Waals surface area (Å²) in [6.07, 6.45) is 1.34. The normalized spacial score (nSPS) is 19.1. The molecule has 8 heteroatoms. The van der Waals surface area contributed by atoms with Gasteiger partial charge in [-0.05, 0) is 37.1 Å². The van der Waals surface area contributed by atoms with Crippen LogP contribution in [0.25, 0.3) is 11.0 Å². The van der Waals surface area contributed by atoms with E-state index >= 15 is 0 Å². The summed E-state index contributed by atoms with van der Waals surface area (Å²) in [6.45, 7) is 2.03. The highest BCUT2D eigenvalue weighted by Gasteiger charge is 2.28. The zero-order chi connectivity index (χ0) is 20.5. The van der Waals surface area contributed by atoms with Crippen molar-refractivity contribution in [3.05, 3.63) is 54.0 Å². The van der Waals surface area contributed by atoms with Crippen LogP contribution in [0, 0.1) is 5.82 Å². The fourth-order valence-electron chi connectivity index (χ4n) is 4.06. The van der Waals surface area contributed by atoms with Gasteiger partial charge in [-0.15, -0.1) is 0 Å². The molecule has 0 spiro atoms. The number of rotatable bonds is 3. The average Bonchev–Trinajstić information content (AvgIpc) is 3.20. The van der Waals surface area contributed by atoms with Crippen molar-refractivity contribution in [2.75, 3.05) is 26.2 Å². The molecule has 0 radical (unpaired) electrons. The first-order chi connectivity index (χ1) is 14.7. The van der Waals surface area contributed by atoms with E-state index < -0.39 is 0 Å². The number of benzene rings is 2. The van der Waals surface area contributed by atoms with Crippen LogP contribution in [0.2, 0.25) is 0 Å². The second kappa shape index (κ2) is 7.85. The van der Waals surface area contributed by atoms with E-state index in [0.29, 0.717) is 37.6 Å². The van der Waals surface area contributed by atoms with Crippen molar-refractivity contribution in [2.45, 2.75) is 24.9 Å². The van der Waals surface area contributed by atoms with Gasteiger partial charge in [0.1, 0.15) is 12.4 Å². The molecular formula is C22H22FN3O4. The highest BCUT2D eigenvalue weighted by molar-refractivity contribution is 5.80. The summed E-state index contributed by atoms with van der Waals surface area (Å²) in [7, 11) is 0. The SMILES string of the molecule is O=C(NC[C@@H]1COc2ccccc2O1)N1CCC(c2noc3cc(F)ccc23)CC1.